The molecule has 0 saturated carbocycles. The summed E-state index contributed by atoms with van der Waals surface area (Å²) in [7, 11) is 0. The Morgan fingerprint density at radius 1 is 1.03 bits per heavy atom. The predicted molar refractivity (Wildman–Crippen MR) is 104 cm³/mol. The summed E-state index contributed by atoms with van der Waals surface area (Å²) in [6, 6.07) is 13.0. The van der Waals surface area contributed by atoms with Crippen LogP contribution in [0.2, 0.25) is 0 Å². The van der Waals surface area contributed by atoms with Gasteiger partial charge in [0.05, 0.1) is 12.2 Å². The summed E-state index contributed by atoms with van der Waals surface area (Å²) >= 11 is 0. The van der Waals surface area contributed by atoms with E-state index in [4.69, 9.17) is 9.47 Å². The Morgan fingerprint density at radius 3 is 2.16 bits per heavy atom. The van der Waals surface area contributed by atoms with Gasteiger partial charge in [0.15, 0.2) is 11.5 Å². The molecule has 6 nitrogen and oxygen atoms in total. The molecule has 1 heterocycles. The smallest absolute Gasteiger partial charge is 0.456 e. The molecule has 0 aromatic heterocycles. The monoisotopic (exact) mass is 446 g/mol. The summed E-state index contributed by atoms with van der Waals surface area (Å²) < 4.78 is 52.1. The zero-order valence-electron chi connectivity index (χ0n) is 16.7. The lowest BCUT2D eigenvalue weighted by Gasteiger charge is -2.45. The first-order valence-corrected chi connectivity index (χ1v) is 9.74. The Bertz CT molecular complexity index is 1140. The third-order valence-corrected chi connectivity index (χ3v) is 5.54. The van der Waals surface area contributed by atoms with Crippen molar-refractivity contribution in [1.29, 1.82) is 0 Å². The molecular weight excluding hydrogens is 429 g/mol. The number of allylic oxidation sites excluding steroid dienone is 2. The quantitative estimate of drug-likeness (QED) is 0.726. The van der Waals surface area contributed by atoms with E-state index in [2.05, 4.69) is 0 Å². The molecule has 0 radical (unpaired) electrons. The van der Waals surface area contributed by atoms with E-state index in [9.17, 15) is 32.7 Å². The first kappa shape index (κ1) is 21.8. The number of carbonyl (C=O) groups is 3. The van der Waals surface area contributed by atoms with Crippen LogP contribution in [0.1, 0.15) is 39.1 Å². The van der Waals surface area contributed by atoms with E-state index in [1.54, 1.807) is 6.07 Å². The maximum absolute atomic E-state index is 14.1. The van der Waals surface area contributed by atoms with Gasteiger partial charge in [-0.1, -0.05) is 54.6 Å². The average molecular weight is 446 g/mol. The van der Waals surface area contributed by atoms with Crippen LogP contribution >= 0.6 is 0 Å². The van der Waals surface area contributed by atoms with Crippen molar-refractivity contribution in [1.82, 2.24) is 0 Å². The number of benzene rings is 2. The highest BCUT2D eigenvalue weighted by atomic mass is 19.4. The number of carbonyl (C=O) groups excluding carboxylic acids is 3. The molecule has 0 fully saturated rings. The second-order valence-electron chi connectivity index (χ2n) is 7.36. The molecule has 32 heavy (non-hydrogen) atoms. The van der Waals surface area contributed by atoms with E-state index in [1.165, 1.54) is 55.5 Å². The van der Waals surface area contributed by atoms with E-state index in [0.717, 1.165) is 0 Å². The van der Waals surface area contributed by atoms with Gasteiger partial charge in [-0.15, -0.1) is 0 Å². The van der Waals surface area contributed by atoms with Gasteiger partial charge in [0.25, 0.3) is 0 Å². The van der Waals surface area contributed by atoms with E-state index in [0.29, 0.717) is 0 Å². The van der Waals surface area contributed by atoms with Gasteiger partial charge in [0.2, 0.25) is 5.78 Å². The van der Waals surface area contributed by atoms with Crippen LogP contribution in [0.4, 0.5) is 13.2 Å². The molecule has 166 valence electrons. The van der Waals surface area contributed by atoms with Gasteiger partial charge < -0.3 is 14.6 Å². The molecule has 0 bridgehead atoms. The minimum Gasteiger partial charge on any atom is -0.466 e. The number of ketones is 2. The largest absolute Gasteiger partial charge is 0.466 e. The van der Waals surface area contributed by atoms with Gasteiger partial charge in [0, 0.05) is 17.0 Å². The van der Waals surface area contributed by atoms with E-state index >= 15 is 0 Å². The number of fused-ring (bicyclic) bond motifs is 1. The molecule has 1 N–H and O–H groups in total. The maximum atomic E-state index is 14.1. The fourth-order valence-corrected chi connectivity index (χ4v) is 4.15. The molecule has 1 aliphatic heterocycles. The maximum Gasteiger partial charge on any atom is 0.456 e. The Kier molecular flexibility index (Phi) is 5.16. The summed E-state index contributed by atoms with van der Waals surface area (Å²) in [5.41, 5.74) is -0.487. The number of Topliss-reactive ketones (excluding diaryl/α,β-unsaturated/α-hetero) is 2. The molecule has 2 aliphatic rings. The van der Waals surface area contributed by atoms with Crippen molar-refractivity contribution in [3.8, 4) is 0 Å². The Morgan fingerprint density at radius 2 is 1.59 bits per heavy atom. The van der Waals surface area contributed by atoms with Crippen LogP contribution < -0.4 is 0 Å². The highest BCUT2D eigenvalue weighted by molar-refractivity contribution is 6.27. The standard InChI is InChI=1S/C23H17F3O6/c1-2-31-21(29)17-15(12-8-4-3-5-9-12)16-18(27)13-10-6-7-11-14(13)19(28)20(16)32-22(17,30)23(24,25)26/h3-11,15,17,30H,2H2,1H3/t15-,17-,22+/m1/s1. The summed E-state index contributed by atoms with van der Waals surface area (Å²) in [6.07, 6.45) is -5.49. The van der Waals surface area contributed by atoms with Crippen molar-refractivity contribution in [2.24, 2.45) is 5.92 Å². The number of aliphatic hydroxyl groups is 1. The van der Waals surface area contributed by atoms with E-state index in [1.807, 2.05) is 0 Å². The number of hydrogen-bond acceptors (Lipinski definition) is 6. The number of hydrogen-bond donors (Lipinski definition) is 1. The van der Waals surface area contributed by atoms with E-state index in [-0.39, 0.29) is 23.3 Å². The fourth-order valence-electron chi connectivity index (χ4n) is 4.15. The van der Waals surface area contributed by atoms with Crippen molar-refractivity contribution < 1.29 is 42.1 Å². The highest BCUT2D eigenvalue weighted by Gasteiger charge is 2.70. The van der Waals surface area contributed by atoms with Gasteiger partial charge in [-0.25, -0.2) is 0 Å². The summed E-state index contributed by atoms with van der Waals surface area (Å²) in [5.74, 6) is -12.2. The van der Waals surface area contributed by atoms with Crippen LogP contribution in [0.15, 0.2) is 65.9 Å². The van der Waals surface area contributed by atoms with Crippen LogP contribution in [0.5, 0.6) is 0 Å². The average Bonchev–Trinajstić information content (AvgIpc) is 2.76. The fraction of sp³-hybridized carbons (Fsp3) is 0.261. The Balaban J connectivity index is 2.04. The molecule has 0 amide bonds. The van der Waals surface area contributed by atoms with Gasteiger partial charge >= 0.3 is 17.9 Å². The van der Waals surface area contributed by atoms with Gasteiger partial charge in [0.1, 0.15) is 5.92 Å². The zero-order valence-corrected chi connectivity index (χ0v) is 16.7. The minimum absolute atomic E-state index is 0.0270. The first-order chi connectivity index (χ1) is 15.1. The molecule has 3 atom stereocenters. The van der Waals surface area contributed by atoms with Crippen LogP contribution in [0, 0.1) is 5.92 Å². The molecule has 4 rings (SSSR count). The molecule has 2 aromatic rings. The SMILES string of the molecule is CCOC(=O)[C@H]1[C@H](c2ccccc2)C2=C(O[C@]1(O)C(F)(F)F)C(=O)c1ccccc1C2=O. The minimum atomic E-state index is -5.49. The lowest BCUT2D eigenvalue weighted by molar-refractivity contribution is -0.375. The third-order valence-electron chi connectivity index (χ3n) is 5.54. The zero-order chi connectivity index (χ0) is 23.3. The summed E-state index contributed by atoms with van der Waals surface area (Å²) in [5, 5.41) is 10.7. The first-order valence-electron chi connectivity index (χ1n) is 9.74. The molecule has 1 aliphatic carbocycles. The summed E-state index contributed by atoms with van der Waals surface area (Å²) in [4.78, 5) is 39.2. The van der Waals surface area contributed by atoms with Crippen LogP contribution in [-0.2, 0) is 14.3 Å². The molecular formula is C23H17F3O6. The summed E-state index contributed by atoms with van der Waals surface area (Å²) in [6.45, 7) is 1.12. The molecule has 0 unspecified atom stereocenters. The Labute approximate surface area is 180 Å². The molecule has 2 aromatic carbocycles. The van der Waals surface area contributed by atoms with Crippen molar-refractivity contribution in [2.45, 2.75) is 24.8 Å². The van der Waals surface area contributed by atoms with Crippen LogP contribution in [-0.4, -0.2) is 41.2 Å². The predicted octanol–water partition coefficient (Wildman–Crippen LogP) is 3.56. The molecule has 0 spiro atoms. The lowest BCUT2D eigenvalue weighted by atomic mass is 9.69. The van der Waals surface area contributed by atoms with Crippen molar-refractivity contribution in [2.75, 3.05) is 6.61 Å². The number of rotatable bonds is 3. The second kappa shape index (κ2) is 7.59. The number of alkyl halides is 3. The number of ether oxygens (including phenoxy) is 2. The Hall–Kier alpha value is -3.46. The van der Waals surface area contributed by atoms with Crippen molar-refractivity contribution in [3.63, 3.8) is 0 Å². The van der Waals surface area contributed by atoms with Crippen molar-refractivity contribution >= 4 is 17.5 Å². The van der Waals surface area contributed by atoms with Gasteiger partial charge in [-0.3, -0.25) is 14.4 Å². The van der Waals surface area contributed by atoms with Crippen LogP contribution in [0.3, 0.4) is 0 Å². The third kappa shape index (κ3) is 3.12. The highest BCUT2D eigenvalue weighted by Crippen LogP contribution is 2.54. The van der Waals surface area contributed by atoms with Crippen molar-refractivity contribution in [3.05, 3.63) is 82.6 Å². The number of esters is 1. The second-order valence-corrected chi connectivity index (χ2v) is 7.36. The van der Waals surface area contributed by atoms with E-state index < -0.39 is 52.7 Å². The van der Waals surface area contributed by atoms with Gasteiger partial charge in [-0.2, -0.15) is 13.2 Å². The topological polar surface area (TPSA) is 89.9 Å². The van der Waals surface area contributed by atoms with Gasteiger partial charge in [-0.05, 0) is 12.5 Å². The van der Waals surface area contributed by atoms with Crippen LogP contribution in [0.25, 0.3) is 0 Å². The normalized spacial score (nSPS) is 25.0. The number of halogens is 3. The molecule has 0 saturated heterocycles. The molecule has 9 heteroatoms. The lowest BCUT2D eigenvalue weighted by Crippen LogP contribution is -2.61.